The van der Waals surface area contributed by atoms with Crippen molar-refractivity contribution in [2.75, 3.05) is 31.6 Å². The summed E-state index contributed by atoms with van der Waals surface area (Å²) < 4.78 is 41.7. The standard InChI is InChI=1S/C21H27FN2O6S/c1-14(19(25)23(2)18-9-12-31(28,29)13-18)30-21(27)16-7-10-24(11-8-16)20(26)15-3-5-17(22)6-4-15/h3-6,14,16,18H,7-13H2,1-2H3/t14-,18+/m1/s1. The van der Waals surface area contributed by atoms with E-state index in [1.165, 1.54) is 43.1 Å². The number of rotatable bonds is 5. The Morgan fingerprint density at radius 1 is 1.13 bits per heavy atom. The zero-order valence-corrected chi connectivity index (χ0v) is 18.4. The van der Waals surface area contributed by atoms with Gasteiger partial charge in [0.05, 0.1) is 17.4 Å². The van der Waals surface area contributed by atoms with Crippen LogP contribution in [0.1, 0.15) is 36.5 Å². The molecule has 10 heteroatoms. The topological polar surface area (TPSA) is 101 Å². The molecule has 0 aliphatic carbocycles. The third kappa shape index (κ3) is 5.61. The number of halogens is 1. The quantitative estimate of drug-likeness (QED) is 0.621. The van der Waals surface area contributed by atoms with Crippen LogP contribution in [0.5, 0.6) is 0 Å². The largest absolute Gasteiger partial charge is 0.452 e. The third-order valence-electron chi connectivity index (χ3n) is 5.95. The van der Waals surface area contributed by atoms with Crippen molar-refractivity contribution in [3.63, 3.8) is 0 Å². The van der Waals surface area contributed by atoms with E-state index in [0.29, 0.717) is 37.9 Å². The van der Waals surface area contributed by atoms with Crippen molar-refractivity contribution in [2.45, 2.75) is 38.3 Å². The lowest BCUT2D eigenvalue weighted by molar-refractivity contribution is -0.163. The molecule has 2 heterocycles. The summed E-state index contributed by atoms with van der Waals surface area (Å²) in [7, 11) is -1.60. The third-order valence-corrected chi connectivity index (χ3v) is 7.70. The lowest BCUT2D eigenvalue weighted by Crippen LogP contribution is -2.45. The normalized spacial score (nSPS) is 22.0. The first-order chi connectivity index (χ1) is 14.6. The molecule has 170 valence electrons. The number of sulfone groups is 1. The van der Waals surface area contributed by atoms with Gasteiger partial charge in [0.2, 0.25) is 0 Å². The number of hydrogen-bond donors (Lipinski definition) is 0. The zero-order chi connectivity index (χ0) is 22.8. The molecule has 2 saturated heterocycles. The van der Waals surface area contributed by atoms with Crippen molar-refractivity contribution < 1.29 is 31.9 Å². The predicted molar refractivity (Wildman–Crippen MR) is 110 cm³/mol. The molecular formula is C21H27FN2O6S. The molecule has 2 fully saturated rings. The second-order valence-electron chi connectivity index (χ2n) is 8.16. The Balaban J connectivity index is 1.48. The first-order valence-corrected chi connectivity index (χ1v) is 12.1. The number of carbonyl (C=O) groups is 3. The summed E-state index contributed by atoms with van der Waals surface area (Å²) in [4.78, 5) is 40.5. The van der Waals surface area contributed by atoms with Gasteiger partial charge in [-0.05, 0) is 50.5 Å². The van der Waals surface area contributed by atoms with Crippen LogP contribution in [0, 0.1) is 11.7 Å². The fraction of sp³-hybridized carbons (Fsp3) is 0.571. The summed E-state index contributed by atoms with van der Waals surface area (Å²) in [5.74, 6) is -2.01. The van der Waals surface area contributed by atoms with Crippen LogP contribution in [-0.2, 0) is 24.2 Å². The van der Waals surface area contributed by atoms with E-state index < -0.39 is 45.6 Å². The van der Waals surface area contributed by atoms with Crippen LogP contribution in [0.2, 0.25) is 0 Å². The van der Waals surface area contributed by atoms with Crippen molar-refractivity contribution in [1.82, 2.24) is 9.80 Å². The lowest BCUT2D eigenvalue weighted by atomic mass is 9.96. The first-order valence-electron chi connectivity index (χ1n) is 10.3. The summed E-state index contributed by atoms with van der Waals surface area (Å²) >= 11 is 0. The van der Waals surface area contributed by atoms with Crippen molar-refractivity contribution in [3.05, 3.63) is 35.6 Å². The van der Waals surface area contributed by atoms with Crippen LogP contribution in [0.3, 0.4) is 0 Å². The van der Waals surface area contributed by atoms with Gasteiger partial charge in [-0.15, -0.1) is 0 Å². The highest BCUT2D eigenvalue weighted by molar-refractivity contribution is 7.91. The van der Waals surface area contributed by atoms with Crippen molar-refractivity contribution in [2.24, 2.45) is 5.92 Å². The van der Waals surface area contributed by atoms with Crippen LogP contribution >= 0.6 is 0 Å². The molecule has 31 heavy (non-hydrogen) atoms. The van der Waals surface area contributed by atoms with Gasteiger partial charge in [-0.3, -0.25) is 14.4 Å². The number of nitrogens with zero attached hydrogens (tertiary/aromatic N) is 2. The predicted octanol–water partition coefficient (Wildman–Crippen LogP) is 1.26. The van der Waals surface area contributed by atoms with Gasteiger partial charge in [0, 0.05) is 31.7 Å². The Hall–Kier alpha value is -2.49. The number of benzene rings is 1. The summed E-state index contributed by atoms with van der Waals surface area (Å²) in [6.45, 7) is 2.20. The Bertz CT molecular complexity index is 941. The number of carbonyl (C=O) groups excluding carboxylic acids is 3. The minimum absolute atomic E-state index is 0.0542. The molecule has 0 saturated carbocycles. The number of esters is 1. The summed E-state index contributed by atoms with van der Waals surface area (Å²) in [6, 6.07) is 4.91. The van der Waals surface area contributed by atoms with Crippen LogP contribution in [-0.4, -0.2) is 79.8 Å². The van der Waals surface area contributed by atoms with Crippen molar-refractivity contribution in [1.29, 1.82) is 0 Å². The van der Waals surface area contributed by atoms with Crippen LogP contribution in [0.15, 0.2) is 24.3 Å². The molecule has 0 bridgehead atoms. The molecule has 0 radical (unpaired) electrons. The molecule has 1 aromatic rings. The van der Waals surface area contributed by atoms with E-state index in [9.17, 15) is 27.2 Å². The molecule has 2 aliphatic heterocycles. The molecule has 0 N–H and O–H groups in total. The maximum Gasteiger partial charge on any atom is 0.309 e. The number of ether oxygens (including phenoxy) is 1. The number of likely N-dealkylation sites (tertiary alicyclic amines) is 1. The van der Waals surface area contributed by atoms with E-state index in [1.807, 2.05) is 0 Å². The fourth-order valence-corrected chi connectivity index (χ4v) is 5.74. The number of hydrogen-bond acceptors (Lipinski definition) is 6. The van der Waals surface area contributed by atoms with Gasteiger partial charge >= 0.3 is 5.97 Å². The minimum atomic E-state index is -3.13. The maximum atomic E-state index is 13.0. The summed E-state index contributed by atoms with van der Waals surface area (Å²) in [6.07, 6.45) is 0.179. The fourth-order valence-electron chi connectivity index (χ4n) is 3.96. The average Bonchev–Trinajstić information content (AvgIpc) is 3.12. The van der Waals surface area contributed by atoms with Gasteiger partial charge in [-0.25, -0.2) is 12.8 Å². The van der Waals surface area contributed by atoms with Gasteiger partial charge in [0.15, 0.2) is 15.9 Å². The number of piperidine rings is 1. The summed E-state index contributed by atoms with van der Waals surface area (Å²) in [5, 5.41) is 0. The number of amides is 2. The van der Waals surface area contributed by atoms with Crippen molar-refractivity contribution >= 4 is 27.6 Å². The highest BCUT2D eigenvalue weighted by Crippen LogP contribution is 2.22. The molecular weight excluding hydrogens is 427 g/mol. The highest BCUT2D eigenvalue weighted by atomic mass is 32.2. The van der Waals surface area contributed by atoms with Crippen LogP contribution < -0.4 is 0 Å². The average molecular weight is 455 g/mol. The second kappa shape index (κ2) is 9.33. The Kier molecular flexibility index (Phi) is 6.98. The molecule has 0 unspecified atom stereocenters. The van der Waals surface area contributed by atoms with Crippen LogP contribution in [0.4, 0.5) is 4.39 Å². The highest BCUT2D eigenvalue weighted by Gasteiger charge is 2.36. The molecule has 2 atom stereocenters. The molecule has 0 spiro atoms. The number of likely N-dealkylation sites (N-methyl/N-ethyl adjacent to an activating group) is 1. The second-order valence-corrected chi connectivity index (χ2v) is 10.4. The van der Waals surface area contributed by atoms with E-state index in [0.717, 1.165) is 0 Å². The van der Waals surface area contributed by atoms with E-state index in [1.54, 1.807) is 4.90 Å². The van der Waals surface area contributed by atoms with Gasteiger partial charge < -0.3 is 14.5 Å². The van der Waals surface area contributed by atoms with Gasteiger partial charge in [0.1, 0.15) is 5.82 Å². The van der Waals surface area contributed by atoms with E-state index >= 15 is 0 Å². The van der Waals surface area contributed by atoms with Gasteiger partial charge in [0.25, 0.3) is 11.8 Å². The molecule has 8 nitrogen and oxygen atoms in total. The Morgan fingerprint density at radius 3 is 2.29 bits per heavy atom. The minimum Gasteiger partial charge on any atom is -0.452 e. The van der Waals surface area contributed by atoms with Gasteiger partial charge in [-0.1, -0.05) is 0 Å². The summed E-state index contributed by atoms with van der Waals surface area (Å²) in [5.41, 5.74) is 0.388. The first kappa shape index (κ1) is 23.2. The molecule has 3 rings (SSSR count). The van der Waals surface area contributed by atoms with E-state index in [2.05, 4.69) is 0 Å². The molecule has 1 aromatic carbocycles. The Labute approximate surface area is 181 Å². The van der Waals surface area contributed by atoms with Gasteiger partial charge in [-0.2, -0.15) is 0 Å². The molecule has 2 aliphatic rings. The monoisotopic (exact) mass is 454 g/mol. The van der Waals surface area contributed by atoms with Crippen molar-refractivity contribution in [3.8, 4) is 0 Å². The lowest BCUT2D eigenvalue weighted by Gasteiger charge is -2.32. The zero-order valence-electron chi connectivity index (χ0n) is 17.6. The SMILES string of the molecule is C[C@@H](OC(=O)C1CCN(C(=O)c2ccc(F)cc2)CC1)C(=O)N(C)[C@H]1CCS(=O)(=O)C1. The molecule has 2 amide bonds. The maximum absolute atomic E-state index is 13.0. The Morgan fingerprint density at radius 2 is 1.74 bits per heavy atom. The van der Waals surface area contributed by atoms with E-state index in [-0.39, 0.29) is 17.4 Å². The molecule has 0 aromatic heterocycles. The smallest absolute Gasteiger partial charge is 0.309 e. The van der Waals surface area contributed by atoms with E-state index in [4.69, 9.17) is 4.74 Å². The van der Waals surface area contributed by atoms with Crippen LogP contribution in [0.25, 0.3) is 0 Å².